The van der Waals surface area contributed by atoms with E-state index in [-0.39, 0.29) is 26.4 Å². The highest BCUT2D eigenvalue weighted by Gasteiger charge is 2.23. The first-order chi connectivity index (χ1) is 27.6. The number of nitrogens with one attached hydrogen (secondary N) is 2. The van der Waals surface area contributed by atoms with Gasteiger partial charge in [-0.25, -0.2) is 9.59 Å². The SMILES string of the molecule is O=C(Nc1ccccc1)OC(COc1ccccc1)COc1c2ccccc2c(OCC(COc2ccccc2)OC(=O)Nc2ccccc2)c2ccccc12. The average molecular weight is 749 g/mol. The number of amides is 2. The van der Waals surface area contributed by atoms with Crippen molar-refractivity contribution in [1.29, 1.82) is 0 Å². The van der Waals surface area contributed by atoms with Crippen LogP contribution in [0, 0.1) is 0 Å². The number of hydrogen-bond acceptors (Lipinski definition) is 8. The summed E-state index contributed by atoms with van der Waals surface area (Å²) in [5, 5.41) is 8.64. The fourth-order valence-electron chi connectivity index (χ4n) is 6.00. The lowest BCUT2D eigenvalue weighted by atomic mass is 10.0. The van der Waals surface area contributed by atoms with E-state index in [1.807, 2.05) is 146 Å². The molecule has 7 rings (SSSR count). The van der Waals surface area contributed by atoms with E-state index in [1.165, 1.54) is 0 Å². The van der Waals surface area contributed by atoms with E-state index < -0.39 is 24.4 Å². The number of hydrogen-bond donors (Lipinski definition) is 2. The molecule has 0 radical (unpaired) electrons. The molecular formula is C46H40N2O8. The average Bonchev–Trinajstić information content (AvgIpc) is 3.24. The topological polar surface area (TPSA) is 114 Å². The van der Waals surface area contributed by atoms with Gasteiger partial charge in [-0.15, -0.1) is 0 Å². The van der Waals surface area contributed by atoms with E-state index in [2.05, 4.69) is 10.6 Å². The van der Waals surface area contributed by atoms with Crippen LogP contribution in [0.3, 0.4) is 0 Å². The van der Waals surface area contributed by atoms with Gasteiger partial charge >= 0.3 is 12.2 Å². The van der Waals surface area contributed by atoms with Crippen molar-refractivity contribution in [2.45, 2.75) is 12.2 Å². The number of para-hydroxylation sites is 4. The van der Waals surface area contributed by atoms with E-state index >= 15 is 0 Å². The van der Waals surface area contributed by atoms with Crippen LogP contribution in [-0.4, -0.2) is 50.8 Å². The minimum absolute atomic E-state index is 0.00744. The molecule has 0 heterocycles. The van der Waals surface area contributed by atoms with Crippen LogP contribution in [0.2, 0.25) is 0 Å². The second-order valence-corrected chi connectivity index (χ2v) is 12.7. The van der Waals surface area contributed by atoms with Crippen LogP contribution < -0.4 is 29.6 Å². The first-order valence-electron chi connectivity index (χ1n) is 18.2. The molecule has 0 aromatic heterocycles. The number of ether oxygens (including phenoxy) is 6. The fraction of sp³-hybridized carbons (Fsp3) is 0.130. The zero-order chi connectivity index (χ0) is 38.4. The maximum absolute atomic E-state index is 13.0. The van der Waals surface area contributed by atoms with Gasteiger partial charge < -0.3 is 28.4 Å². The van der Waals surface area contributed by atoms with Gasteiger partial charge in [-0.1, -0.05) is 121 Å². The molecule has 7 aromatic rings. The molecule has 0 saturated carbocycles. The number of anilines is 2. The summed E-state index contributed by atoms with van der Waals surface area (Å²) in [5.74, 6) is 2.44. The van der Waals surface area contributed by atoms with Gasteiger partial charge in [-0.3, -0.25) is 10.6 Å². The van der Waals surface area contributed by atoms with E-state index in [0.29, 0.717) is 34.4 Å². The van der Waals surface area contributed by atoms with Crippen LogP contribution in [-0.2, 0) is 9.47 Å². The summed E-state index contributed by atoms with van der Waals surface area (Å²) in [6.45, 7) is 0.0835. The Morgan fingerprint density at radius 1 is 0.375 bits per heavy atom. The van der Waals surface area contributed by atoms with Gasteiger partial charge in [-0.05, 0) is 48.5 Å². The van der Waals surface area contributed by atoms with Crippen molar-refractivity contribution in [3.8, 4) is 23.0 Å². The third kappa shape index (κ3) is 10.1. The van der Waals surface area contributed by atoms with Crippen LogP contribution in [0.5, 0.6) is 23.0 Å². The van der Waals surface area contributed by atoms with Crippen molar-refractivity contribution in [3.05, 3.63) is 170 Å². The quantitative estimate of drug-likeness (QED) is 0.0940. The molecule has 10 nitrogen and oxygen atoms in total. The van der Waals surface area contributed by atoms with Gasteiger partial charge in [0.1, 0.15) is 49.4 Å². The van der Waals surface area contributed by atoms with Gasteiger partial charge in [-0.2, -0.15) is 0 Å². The van der Waals surface area contributed by atoms with Gasteiger partial charge in [0.2, 0.25) is 0 Å². The van der Waals surface area contributed by atoms with Crippen molar-refractivity contribution in [3.63, 3.8) is 0 Å². The van der Waals surface area contributed by atoms with Crippen molar-refractivity contribution in [2.24, 2.45) is 0 Å². The Labute approximate surface area is 324 Å². The van der Waals surface area contributed by atoms with Gasteiger partial charge in [0.15, 0.2) is 12.2 Å². The highest BCUT2D eigenvalue weighted by Crippen LogP contribution is 2.43. The Hall–Kier alpha value is -7.20. The van der Waals surface area contributed by atoms with Gasteiger partial charge in [0, 0.05) is 32.9 Å². The molecule has 10 heteroatoms. The van der Waals surface area contributed by atoms with Crippen LogP contribution >= 0.6 is 0 Å². The monoisotopic (exact) mass is 748 g/mol. The highest BCUT2D eigenvalue weighted by molar-refractivity contribution is 6.11. The molecule has 2 N–H and O–H groups in total. The third-order valence-corrected chi connectivity index (χ3v) is 8.61. The smallest absolute Gasteiger partial charge is 0.412 e. The Morgan fingerprint density at radius 3 is 1.00 bits per heavy atom. The Bertz CT molecular complexity index is 2110. The molecule has 2 amide bonds. The number of carbonyl (C=O) groups excluding carboxylic acids is 2. The zero-order valence-electron chi connectivity index (χ0n) is 30.4. The number of fused-ring (bicyclic) bond motifs is 2. The number of benzene rings is 7. The number of carbonyl (C=O) groups is 2. The molecule has 56 heavy (non-hydrogen) atoms. The molecular weight excluding hydrogens is 709 g/mol. The normalized spacial score (nSPS) is 11.9. The summed E-state index contributed by atoms with van der Waals surface area (Å²) in [6.07, 6.45) is -2.83. The predicted molar refractivity (Wildman–Crippen MR) is 217 cm³/mol. The molecule has 0 fully saturated rings. The summed E-state index contributed by atoms with van der Waals surface area (Å²) in [4.78, 5) is 26.0. The fourth-order valence-corrected chi connectivity index (χ4v) is 6.00. The van der Waals surface area contributed by atoms with Crippen molar-refractivity contribution >= 4 is 45.1 Å². The van der Waals surface area contributed by atoms with E-state index in [0.717, 1.165) is 21.5 Å². The highest BCUT2D eigenvalue weighted by atomic mass is 16.6. The Kier molecular flexibility index (Phi) is 12.4. The maximum Gasteiger partial charge on any atom is 0.412 e. The molecule has 2 atom stereocenters. The standard InChI is InChI=1S/C46H40N2O8/c49-45(47-33-17-5-1-6-18-33)55-37(29-51-35-21-9-3-10-22-35)31-53-43-39-25-13-15-27-41(39)44(42-28-16-14-26-40(42)43)54-32-38(30-52-36-23-11-4-12-24-36)56-46(50)48-34-19-7-2-8-20-34/h1-28,37-38H,29-32H2,(H,47,49)(H,48,50). The molecule has 0 aliphatic carbocycles. The van der Waals surface area contributed by atoms with E-state index in [4.69, 9.17) is 28.4 Å². The largest absolute Gasteiger partial charge is 0.490 e. The first kappa shape index (κ1) is 37.1. The molecule has 0 bridgehead atoms. The molecule has 0 aliphatic heterocycles. The summed E-state index contributed by atoms with van der Waals surface area (Å²) in [6, 6.07) is 52.2. The Balaban J connectivity index is 1.13. The summed E-state index contributed by atoms with van der Waals surface area (Å²) >= 11 is 0. The van der Waals surface area contributed by atoms with E-state index in [1.54, 1.807) is 24.3 Å². The zero-order valence-corrected chi connectivity index (χ0v) is 30.4. The molecule has 0 aliphatic rings. The van der Waals surface area contributed by atoms with Crippen LogP contribution in [0.1, 0.15) is 0 Å². The molecule has 282 valence electrons. The summed E-state index contributed by atoms with van der Waals surface area (Å²) < 4.78 is 36.9. The van der Waals surface area contributed by atoms with Gasteiger partial charge in [0.05, 0.1) is 0 Å². The summed E-state index contributed by atoms with van der Waals surface area (Å²) in [7, 11) is 0. The van der Waals surface area contributed by atoms with Crippen molar-refractivity contribution in [2.75, 3.05) is 37.1 Å². The second-order valence-electron chi connectivity index (χ2n) is 12.7. The minimum atomic E-state index is -0.781. The second kappa shape index (κ2) is 18.7. The maximum atomic E-state index is 13.0. The lowest BCUT2D eigenvalue weighted by molar-refractivity contribution is 0.0430. The van der Waals surface area contributed by atoms with Crippen LogP contribution in [0.4, 0.5) is 21.0 Å². The van der Waals surface area contributed by atoms with Crippen molar-refractivity contribution in [1.82, 2.24) is 0 Å². The van der Waals surface area contributed by atoms with E-state index in [9.17, 15) is 9.59 Å². The molecule has 2 unspecified atom stereocenters. The molecule has 0 spiro atoms. The lowest BCUT2D eigenvalue weighted by Crippen LogP contribution is -2.33. The third-order valence-electron chi connectivity index (χ3n) is 8.61. The van der Waals surface area contributed by atoms with Crippen molar-refractivity contribution < 1.29 is 38.0 Å². The van der Waals surface area contributed by atoms with Crippen LogP contribution in [0.15, 0.2) is 170 Å². The number of rotatable bonds is 16. The summed E-state index contributed by atoms with van der Waals surface area (Å²) in [5.41, 5.74) is 1.20. The lowest BCUT2D eigenvalue weighted by Gasteiger charge is -2.23. The van der Waals surface area contributed by atoms with Crippen LogP contribution in [0.25, 0.3) is 21.5 Å². The molecule has 7 aromatic carbocycles. The minimum Gasteiger partial charge on any atom is -0.490 e. The molecule has 0 saturated heterocycles. The Morgan fingerprint density at radius 2 is 0.661 bits per heavy atom. The van der Waals surface area contributed by atoms with Gasteiger partial charge in [0.25, 0.3) is 0 Å². The first-order valence-corrected chi connectivity index (χ1v) is 18.2. The predicted octanol–water partition coefficient (Wildman–Crippen LogP) is 10.1.